The molecule has 0 aromatic heterocycles. The first-order valence-corrected chi connectivity index (χ1v) is 18.5. The maximum Gasteiger partial charge on any atom is 0.407 e. The molecule has 13 heteroatoms. The lowest BCUT2D eigenvalue weighted by Crippen LogP contribution is -2.60. The van der Waals surface area contributed by atoms with Gasteiger partial charge in [0.25, 0.3) is 0 Å². The number of ketones is 1. The number of hydrogen-bond acceptors (Lipinski definition) is 12. The summed E-state index contributed by atoms with van der Waals surface area (Å²) >= 11 is 0. The van der Waals surface area contributed by atoms with E-state index in [0.717, 1.165) is 11.1 Å². The number of likely N-dealkylation sites (N-methyl/N-ethyl adjacent to an activating group) is 1. The first-order chi connectivity index (χ1) is 24.3. The van der Waals surface area contributed by atoms with Crippen LogP contribution in [0.15, 0.2) is 24.3 Å². The van der Waals surface area contributed by atoms with E-state index < -0.39 is 77.8 Å². The molecule has 0 bridgehead atoms. The number of alkyl carbamates (subject to hydrolysis) is 1. The SMILES string of the molecule is CC[C@H]1OC(=O)[C@H](C)[C@@H](OC(=O)NCc2ccc(C)cc2)[C@H](C)[C@@H](O[C@@H]2O[C@H](C)C[C@H](N(C)C)[C@H]2O)[C@](C)(OC)C[C@@H](C)C(=O)C[C@@H](OC)[C@]1(C)O. The van der Waals surface area contributed by atoms with E-state index in [9.17, 15) is 24.6 Å². The van der Waals surface area contributed by atoms with Crippen molar-refractivity contribution in [3.63, 3.8) is 0 Å². The largest absolute Gasteiger partial charge is 0.459 e. The molecule has 1 amide bonds. The van der Waals surface area contributed by atoms with Crippen molar-refractivity contribution in [1.82, 2.24) is 10.2 Å². The van der Waals surface area contributed by atoms with Gasteiger partial charge in [0.2, 0.25) is 0 Å². The minimum atomic E-state index is -1.73. The zero-order valence-electron chi connectivity index (χ0n) is 33.2. The van der Waals surface area contributed by atoms with Gasteiger partial charge in [-0.2, -0.15) is 0 Å². The highest BCUT2D eigenvalue weighted by Crippen LogP contribution is 2.39. The number of hydrogen-bond donors (Lipinski definition) is 3. The lowest BCUT2D eigenvalue weighted by Gasteiger charge is -2.48. The van der Waals surface area contributed by atoms with Crippen molar-refractivity contribution in [2.24, 2.45) is 17.8 Å². The third-order valence-electron chi connectivity index (χ3n) is 11.2. The van der Waals surface area contributed by atoms with Crippen LogP contribution in [0.25, 0.3) is 0 Å². The number of cyclic esters (lactones) is 1. The highest BCUT2D eigenvalue weighted by atomic mass is 16.7. The summed E-state index contributed by atoms with van der Waals surface area (Å²) in [4.78, 5) is 43.3. The molecule has 2 saturated heterocycles. The van der Waals surface area contributed by atoms with E-state index in [0.29, 0.717) is 6.42 Å². The number of carbonyl (C=O) groups is 3. The predicted octanol–water partition coefficient (Wildman–Crippen LogP) is 4.17. The van der Waals surface area contributed by atoms with Gasteiger partial charge in [0.1, 0.15) is 29.7 Å². The molecule has 0 saturated carbocycles. The number of carbonyl (C=O) groups excluding carboxylic acids is 3. The van der Waals surface area contributed by atoms with Crippen LogP contribution in [-0.4, -0.2) is 121 Å². The number of rotatable bonds is 9. The second-order valence-corrected chi connectivity index (χ2v) is 15.6. The molecule has 1 aromatic carbocycles. The number of aliphatic hydroxyl groups is 2. The van der Waals surface area contributed by atoms with Crippen LogP contribution in [0.5, 0.6) is 0 Å². The standard InChI is InChI=1S/C39H64N2O11/c1-13-30-39(8,46)31(47-11)19-29(42)23(3)20-38(7,48-12)34(52-36-32(43)28(41(9)10)18-24(4)49-36)25(5)33(26(6)35(44)50-30)51-37(45)40-21-27-16-14-22(2)15-17-27/h14-17,23-26,28,30-34,36,43,46H,13,18-21H2,1-12H3,(H,40,45)/t23-,24-,25+,26-,28+,30-,31-,32-,33+,34-,36+,38-,39-/m1/s1. The Kier molecular flexibility index (Phi) is 15.6. The van der Waals surface area contributed by atoms with E-state index in [1.807, 2.05) is 57.1 Å². The average Bonchev–Trinajstić information content (AvgIpc) is 3.09. The number of nitrogens with zero attached hydrogens (tertiary/aromatic N) is 1. The smallest absolute Gasteiger partial charge is 0.407 e. The van der Waals surface area contributed by atoms with Crippen LogP contribution < -0.4 is 5.32 Å². The van der Waals surface area contributed by atoms with Crippen LogP contribution in [0, 0.1) is 24.7 Å². The zero-order chi connectivity index (χ0) is 39.1. The summed E-state index contributed by atoms with van der Waals surface area (Å²) in [5, 5.41) is 26.0. The molecule has 3 rings (SSSR count). The van der Waals surface area contributed by atoms with Gasteiger partial charge < -0.3 is 48.9 Å². The number of ether oxygens (including phenoxy) is 6. The van der Waals surface area contributed by atoms with E-state index in [1.165, 1.54) is 21.1 Å². The number of methoxy groups -OCH3 is 2. The Balaban J connectivity index is 2.13. The summed E-state index contributed by atoms with van der Waals surface area (Å²) in [6, 6.07) is 7.40. The molecule has 1 aromatic rings. The van der Waals surface area contributed by atoms with E-state index in [4.69, 9.17) is 28.4 Å². The van der Waals surface area contributed by atoms with Gasteiger partial charge in [-0.1, -0.05) is 50.6 Å². The normalized spacial score (nSPS) is 38.3. The molecule has 13 atom stereocenters. The summed E-state index contributed by atoms with van der Waals surface area (Å²) in [5.74, 6) is -3.39. The third kappa shape index (κ3) is 10.5. The van der Waals surface area contributed by atoms with Crippen LogP contribution in [0.3, 0.4) is 0 Å². The molecular weight excluding hydrogens is 672 g/mol. The Morgan fingerprint density at radius 2 is 1.71 bits per heavy atom. The Morgan fingerprint density at radius 1 is 1.08 bits per heavy atom. The van der Waals surface area contributed by atoms with Gasteiger partial charge in [0.05, 0.1) is 29.8 Å². The van der Waals surface area contributed by atoms with Crippen molar-refractivity contribution in [2.45, 2.75) is 148 Å². The molecule has 2 fully saturated rings. The molecule has 296 valence electrons. The van der Waals surface area contributed by atoms with Gasteiger partial charge in [-0.05, 0) is 73.5 Å². The first kappa shape index (κ1) is 43.8. The summed E-state index contributed by atoms with van der Waals surface area (Å²) in [7, 11) is 6.66. The molecule has 2 heterocycles. The van der Waals surface area contributed by atoms with Gasteiger partial charge in [0.15, 0.2) is 6.29 Å². The quantitative estimate of drug-likeness (QED) is 0.311. The maximum atomic E-state index is 14.0. The fourth-order valence-corrected chi connectivity index (χ4v) is 7.66. The van der Waals surface area contributed by atoms with Crippen LogP contribution in [0.1, 0.15) is 85.3 Å². The van der Waals surface area contributed by atoms with Crippen molar-refractivity contribution < 1.29 is 53.0 Å². The summed E-state index contributed by atoms with van der Waals surface area (Å²) in [6.07, 6.45) is -6.59. The van der Waals surface area contributed by atoms with Crippen LogP contribution in [0.4, 0.5) is 4.79 Å². The van der Waals surface area contributed by atoms with Crippen LogP contribution in [0.2, 0.25) is 0 Å². The van der Waals surface area contributed by atoms with E-state index in [1.54, 1.807) is 34.6 Å². The van der Waals surface area contributed by atoms with Crippen molar-refractivity contribution in [1.29, 1.82) is 0 Å². The minimum absolute atomic E-state index is 0.144. The lowest BCUT2D eigenvalue weighted by atomic mass is 9.76. The first-order valence-electron chi connectivity index (χ1n) is 18.5. The molecule has 13 nitrogen and oxygen atoms in total. The Morgan fingerprint density at radius 3 is 2.27 bits per heavy atom. The average molecular weight is 737 g/mol. The van der Waals surface area contributed by atoms with Gasteiger partial charge >= 0.3 is 12.1 Å². The number of Topliss-reactive ketones (excluding diaryl/α,β-unsaturated/α-hetero) is 1. The molecule has 0 radical (unpaired) electrons. The number of aryl methyl sites for hydroxylation is 1. The Bertz CT molecular complexity index is 1320. The zero-order valence-corrected chi connectivity index (χ0v) is 33.2. The summed E-state index contributed by atoms with van der Waals surface area (Å²) in [5.41, 5.74) is -1.03. The Hall–Kier alpha value is -2.65. The number of amides is 1. The monoisotopic (exact) mass is 736 g/mol. The Labute approximate surface area is 310 Å². The number of aliphatic hydroxyl groups excluding tert-OH is 1. The molecule has 0 spiro atoms. The lowest BCUT2D eigenvalue weighted by molar-refractivity contribution is -0.301. The molecule has 0 aliphatic carbocycles. The van der Waals surface area contributed by atoms with Crippen LogP contribution >= 0.6 is 0 Å². The molecule has 0 unspecified atom stereocenters. The van der Waals surface area contributed by atoms with Crippen molar-refractivity contribution in [2.75, 3.05) is 28.3 Å². The highest BCUT2D eigenvalue weighted by molar-refractivity contribution is 5.81. The van der Waals surface area contributed by atoms with Crippen molar-refractivity contribution in [3.8, 4) is 0 Å². The fourth-order valence-electron chi connectivity index (χ4n) is 7.66. The molecule has 2 aliphatic heterocycles. The summed E-state index contributed by atoms with van der Waals surface area (Å²) < 4.78 is 36.9. The molecule has 2 aliphatic rings. The second-order valence-electron chi connectivity index (χ2n) is 15.6. The maximum absolute atomic E-state index is 14.0. The fraction of sp³-hybridized carbons (Fsp3) is 0.769. The van der Waals surface area contributed by atoms with Gasteiger partial charge in [-0.3, -0.25) is 9.59 Å². The highest BCUT2D eigenvalue weighted by Gasteiger charge is 2.52. The number of esters is 1. The molecule has 3 N–H and O–H groups in total. The van der Waals surface area contributed by atoms with Crippen molar-refractivity contribution >= 4 is 17.8 Å². The topological polar surface area (TPSA) is 162 Å². The molecule has 52 heavy (non-hydrogen) atoms. The predicted molar refractivity (Wildman–Crippen MR) is 194 cm³/mol. The van der Waals surface area contributed by atoms with E-state index in [2.05, 4.69) is 5.32 Å². The minimum Gasteiger partial charge on any atom is -0.459 e. The number of nitrogens with one attached hydrogen (secondary N) is 1. The third-order valence-corrected chi connectivity index (χ3v) is 11.2. The van der Waals surface area contributed by atoms with Crippen LogP contribution in [-0.2, 0) is 44.6 Å². The van der Waals surface area contributed by atoms with Gasteiger partial charge in [-0.25, -0.2) is 4.79 Å². The number of benzene rings is 1. The molecular formula is C39H64N2O11. The van der Waals surface area contributed by atoms with Crippen molar-refractivity contribution in [3.05, 3.63) is 35.4 Å². The second kappa shape index (κ2) is 18.6. The van der Waals surface area contributed by atoms with E-state index >= 15 is 0 Å². The van der Waals surface area contributed by atoms with Gasteiger partial charge in [0, 0.05) is 45.1 Å². The summed E-state index contributed by atoms with van der Waals surface area (Å²) in [6.45, 7) is 14.3. The van der Waals surface area contributed by atoms with E-state index in [-0.39, 0.29) is 43.7 Å². The van der Waals surface area contributed by atoms with Gasteiger partial charge in [-0.15, -0.1) is 0 Å².